The predicted octanol–water partition coefficient (Wildman–Crippen LogP) is 4.47. The fourth-order valence-electron chi connectivity index (χ4n) is 6.66. The van der Waals surface area contributed by atoms with Crippen molar-refractivity contribution in [3.05, 3.63) is 90.5 Å². The summed E-state index contributed by atoms with van der Waals surface area (Å²) < 4.78 is 4.39. The molecular weight excluding hydrogens is 606 g/mol. The number of carbonyl (C=O) groups is 3. The van der Waals surface area contributed by atoms with E-state index in [1.165, 1.54) is 4.90 Å². The molecule has 212 valence electrons. The normalized spacial score (nSPS) is 28.7. The zero-order valence-corrected chi connectivity index (χ0v) is 24.7. The Kier molecular flexibility index (Phi) is 7.56. The highest BCUT2D eigenvalue weighted by molar-refractivity contribution is 9.09. The van der Waals surface area contributed by atoms with Crippen LogP contribution in [0.2, 0.25) is 0 Å². The van der Waals surface area contributed by atoms with Crippen LogP contribution in [0.4, 0.5) is 11.4 Å². The maximum Gasteiger partial charge on any atom is 0.248 e. The van der Waals surface area contributed by atoms with Crippen LogP contribution in [-0.2, 0) is 14.4 Å². The van der Waals surface area contributed by atoms with Gasteiger partial charge in [-0.1, -0.05) is 64.5 Å². The van der Waals surface area contributed by atoms with Gasteiger partial charge >= 0.3 is 0 Å². The molecule has 2 bridgehead atoms. The van der Waals surface area contributed by atoms with Gasteiger partial charge in [-0.15, -0.1) is 11.8 Å². The van der Waals surface area contributed by atoms with Gasteiger partial charge in [-0.05, 0) is 48.4 Å². The van der Waals surface area contributed by atoms with Crippen molar-refractivity contribution in [2.75, 3.05) is 24.4 Å². The SMILES string of the molecule is COc1ccc(NC(=O)C2N([C@H](CO)c3ccccc3)C(=O)[C@@H]3[C@H](C(=O)Nc4ccccc4)[C@H]4SC23CC4Br)cc1. The van der Waals surface area contributed by atoms with Crippen LogP contribution in [0.15, 0.2) is 84.9 Å². The summed E-state index contributed by atoms with van der Waals surface area (Å²) in [7, 11) is 1.57. The summed E-state index contributed by atoms with van der Waals surface area (Å²) in [5.41, 5.74) is 1.94. The summed E-state index contributed by atoms with van der Waals surface area (Å²) in [5, 5.41) is 16.4. The number of aliphatic hydroxyl groups excluding tert-OH is 1. The molecule has 0 aliphatic carbocycles. The number of alkyl halides is 1. The maximum absolute atomic E-state index is 14.5. The third-order valence-electron chi connectivity index (χ3n) is 8.37. The van der Waals surface area contributed by atoms with Gasteiger partial charge in [-0.2, -0.15) is 0 Å². The van der Waals surface area contributed by atoms with Gasteiger partial charge in [0.1, 0.15) is 11.8 Å². The molecule has 0 saturated carbocycles. The molecule has 1 spiro atoms. The second-order valence-corrected chi connectivity index (χ2v) is 13.3. The number of amides is 3. The standard InChI is InChI=1S/C31H30BrN3O5S/c1-40-21-14-12-20(13-15-21)34-29(38)27-31-16-22(32)26(41-31)24(28(37)33-19-10-6-3-7-11-19)25(31)30(39)35(27)23(17-36)18-8-4-2-5-9-18/h2-15,22-27,36H,16-17H2,1H3,(H,33,37)(H,34,38)/t22?,23-,24+,25+,26+,27?,31?/m1/s1. The van der Waals surface area contributed by atoms with Crippen molar-refractivity contribution in [1.29, 1.82) is 0 Å². The molecule has 3 unspecified atom stereocenters. The molecule has 3 amide bonds. The van der Waals surface area contributed by atoms with Crippen molar-refractivity contribution in [3.8, 4) is 5.75 Å². The molecule has 3 aromatic rings. The number of rotatable bonds is 8. The molecule has 0 radical (unpaired) electrons. The van der Waals surface area contributed by atoms with Crippen molar-refractivity contribution in [3.63, 3.8) is 0 Å². The number of anilines is 2. The Balaban J connectivity index is 1.41. The number of para-hydroxylation sites is 1. The Bertz CT molecular complexity index is 1440. The minimum Gasteiger partial charge on any atom is -0.497 e. The Morgan fingerprint density at radius 2 is 1.61 bits per heavy atom. The van der Waals surface area contributed by atoms with Gasteiger partial charge in [0.05, 0.1) is 36.3 Å². The topological polar surface area (TPSA) is 108 Å². The number of nitrogens with zero attached hydrogens (tertiary/aromatic N) is 1. The van der Waals surface area contributed by atoms with Crippen molar-refractivity contribution >= 4 is 56.8 Å². The van der Waals surface area contributed by atoms with Crippen LogP contribution in [0.5, 0.6) is 5.75 Å². The molecule has 7 atom stereocenters. The smallest absolute Gasteiger partial charge is 0.248 e. The molecule has 3 aliphatic heterocycles. The van der Waals surface area contributed by atoms with Crippen LogP contribution in [0, 0.1) is 11.8 Å². The van der Waals surface area contributed by atoms with Crippen LogP contribution in [-0.4, -0.2) is 62.3 Å². The number of likely N-dealkylation sites (tertiary alicyclic amines) is 1. The third-order valence-corrected chi connectivity index (χ3v) is 11.6. The number of hydrogen-bond acceptors (Lipinski definition) is 6. The van der Waals surface area contributed by atoms with Gasteiger partial charge in [0.15, 0.2) is 0 Å². The summed E-state index contributed by atoms with van der Waals surface area (Å²) in [5.74, 6) is -1.60. The van der Waals surface area contributed by atoms with Gasteiger partial charge in [0.2, 0.25) is 17.7 Å². The first-order chi connectivity index (χ1) is 19.9. The lowest BCUT2D eigenvalue weighted by Gasteiger charge is -2.37. The monoisotopic (exact) mass is 635 g/mol. The van der Waals surface area contributed by atoms with E-state index in [2.05, 4.69) is 26.6 Å². The zero-order chi connectivity index (χ0) is 28.7. The maximum atomic E-state index is 14.5. The molecule has 3 saturated heterocycles. The fourth-order valence-corrected chi connectivity index (χ4v) is 10.3. The number of ether oxygens (including phenoxy) is 1. The minimum atomic E-state index is -0.913. The molecule has 3 aliphatic rings. The quantitative estimate of drug-likeness (QED) is 0.315. The largest absolute Gasteiger partial charge is 0.497 e. The average Bonchev–Trinajstić information content (AvgIpc) is 3.58. The Morgan fingerprint density at radius 1 is 1.00 bits per heavy atom. The number of thioether (sulfide) groups is 1. The first kappa shape index (κ1) is 27.8. The molecule has 3 N–H and O–H groups in total. The van der Waals surface area contributed by atoms with Crippen molar-refractivity contribution < 1.29 is 24.2 Å². The van der Waals surface area contributed by atoms with E-state index in [1.807, 2.05) is 60.7 Å². The summed E-state index contributed by atoms with van der Waals surface area (Å²) in [6.45, 7) is -0.364. The molecule has 10 heteroatoms. The van der Waals surface area contributed by atoms with Crippen LogP contribution >= 0.6 is 27.7 Å². The minimum absolute atomic E-state index is 0.0661. The molecule has 6 rings (SSSR count). The number of benzene rings is 3. The van der Waals surface area contributed by atoms with Gasteiger partial charge < -0.3 is 25.4 Å². The molecule has 8 nitrogen and oxygen atoms in total. The van der Waals surface area contributed by atoms with Crippen LogP contribution in [0.25, 0.3) is 0 Å². The van der Waals surface area contributed by atoms with Crippen molar-refractivity contribution in [1.82, 2.24) is 4.90 Å². The van der Waals surface area contributed by atoms with Gasteiger partial charge in [0.25, 0.3) is 0 Å². The summed E-state index contributed by atoms with van der Waals surface area (Å²) in [6, 6.07) is 23.7. The van der Waals surface area contributed by atoms with E-state index < -0.39 is 28.7 Å². The van der Waals surface area contributed by atoms with E-state index in [1.54, 1.807) is 43.1 Å². The number of methoxy groups -OCH3 is 1. The second kappa shape index (κ2) is 11.2. The highest BCUT2D eigenvalue weighted by atomic mass is 79.9. The second-order valence-electron chi connectivity index (χ2n) is 10.6. The Hall–Kier alpha value is -3.34. The van der Waals surface area contributed by atoms with Crippen LogP contribution < -0.4 is 15.4 Å². The van der Waals surface area contributed by atoms with Crippen LogP contribution in [0.3, 0.4) is 0 Å². The lowest BCUT2D eigenvalue weighted by atomic mass is 9.70. The highest BCUT2D eigenvalue weighted by Gasteiger charge is 2.76. The van der Waals surface area contributed by atoms with E-state index in [-0.39, 0.29) is 34.4 Å². The van der Waals surface area contributed by atoms with E-state index in [9.17, 15) is 19.5 Å². The molecule has 3 aromatic carbocycles. The number of aliphatic hydroxyl groups is 1. The number of hydrogen-bond donors (Lipinski definition) is 3. The first-order valence-corrected chi connectivity index (χ1v) is 15.3. The van der Waals surface area contributed by atoms with E-state index in [4.69, 9.17) is 4.74 Å². The predicted molar refractivity (Wildman–Crippen MR) is 162 cm³/mol. The first-order valence-electron chi connectivity index (χ1n) is 13.5. The van der Waals surface area contributed by atoms with Gasteiger partial charge in [-0.3, -0.25) is 14.4 Å². The number of nitrogens with one attached hydrogen (secondary N) is 2. The number of halogens is 1. The molecule has 3 fully saturated rings. The third kappa shape index (κ3) is 4.71. The number of carbonyl (C=O) groups excluding carboxylic acids is 3. The van der Waals surface area contributed by atoms with Crippen molar-refractivity contribution in [2.24, 2.45) is 11.8 Å². The van der Waals surface area contributed by atoms with Crippen LogP contribution in [0.1, 0.15) is 18.0 Å². The van der Waals surface area contributed by atoms with Gasteiger partial charge in [0, 0.05) is 21.5 Å². The van der Waals surface area contributed by atoms with Gasteiger partial charge in [-0.25, -0.2) is 0 Å². The van der Waals surface area contributed by atoms with Crippen molar-refractivity contribution in [2.45, 2.75) is 33.3 Å². The summed E-state index contributed by atoms with van der Waals surface area (Å²) in [6.07, 6.45) is 0.540. The van der Waals surface area contributed by atoms with E-state index in [0.29, 0.717) is 23.5 Å². The number of fused-ring (bicyclic) bond motifs is 1. The molecule has 3 heterocycles. The molecule has 0 aromatic heterocycles. The van der Waals surface area contributed by atoms with E-state index >= 15 is 0 Å². The highest BCUT2D eigenvalue weighted by Crippen LogP contribution is 2.68. The fraction of sp³-hybridized carbons (Fsp3) is 0.323. The zero-order valence-electron chi connectivity index (χ0n) is 22.3. The Labute approximate surface area is 251 Å². The molecule has 41 heavy (non-hydrogen) atoms. The lowest BCUT2D eigenvalue weighted by molar-refractivity contribution is -0.141. The Morgan fingerprint density at radius 3 is 2.24 bits per heavy atom. The summed E-state index contributed by atoms with van der Waals surface area (Å²) in [4.78, 5) is 44.0. The lowest BCUT2D eigenvalue weighted by Crippen LogP contribution is -2.53. The van der Waals surface area contributed by atoms with E-state index in [0.717, 1.165) is 5.56 Å². The molecular formula is C31H30BrN3O5S. The summed E-state index contributed by atoms with van der Waals surface area (Å²) >= 11 is 5.35. The average molecular weight is 637 g/mol.